The molecule has 0 aliphatic carbocycles. The molecule has 0 fully saturated rings. The molecule has 6 nitrogen and oxygen atoms in total. The molecule has 0 spiro atoms. The highest BCUT2D eigenvalue weighted by atomic mass is 32.2. The van der Waals surface area contributed by atoms with Crippen LogP contribution in [-0.4, -0.2) is 25.9 Å². The second-order valence-corrected chi connectivity index (χ2v) is 6.97. The van der Waals surface area contributed by atoms with Crippen LogP contribution in [-0.2, 0) is 18.0 Å². The maximum Gasteiger partial charge on any atom is 0.416 e. The first kappa shape index (κ1) is 19.0. The molecule has 2 aromatic heterocycles. The van der Waals surface area contributed by atoms with Crippen LogP contribution in [0.2, 0.25) is 0 Å². The average molecular weight is 396 g/mol. The molecule has 0 aliphatic rings. The SMILES string of the molecule is C[C@H](Sc1nnc(-c2ccco2)n1C)C(=O)Nc1ccc(C(F)(F)F)cc1. The number of rotatable bonds is 5. The van der Waals surface area contributed by atoms with Crippen molar-refractivity contribution in [1.82, 2.24) is 14.8 Å². The lowest BCUT2D eigenvalue weighted by molar-refractivity contribution is -0.137. The highest BCUT2D eigenvalue weighted by Crippen LogP contribution is 2.30. The van der Waals surface area contributed by atoms with Crippen LogP contribution in [0.3, 0.4) is 0 Å². The molecule has 27 heavy (non-hydrogen) atoms. The number of nitrogens with one attached hydrogen (secondary N) is 1. The number of alkyl halides is 3. The number of carbonyl (C=O) groups is 1. The molecule has 2 heterocycles. The zero-order valence-electron chi connectivity index (χ0n) is 14.3. The van der Waals surface area contributed by atoms with Gasteiger partial charge in [0.15, 0.2) is 16.7 Å². The summed E-state index contributed by atoms with van der Waals surface area (Å²) in [5, 5.41) is 10.7. The van der Waals surface area contributed by atoms with Crippen molar-refractivity contribution in [3.05, 3.63) is 48.2 Å². The monoisotopic (exact) mass is 396 g/mol. The number of anilines is 1. The van der Waals surface area contributed by atoms with Gasteiger partial charge in [-0.15, -0.1) is 10.2 Å². The van der Waals surface area contributed by atoms with E-state index in [0.29, 0.717) is 16.7 Å². The lowest BCUT2D eigenvalue weighted by Crippen LogP contribution is -2.23. The summed E-state index contributed by atoms with van der Waals surface area (Å²) in [6, 6.07) is 7.76. The van der Waals surface area contributed by atoms with Crippen molar-refractivity contribution in [2.75, 3.05) is 5.32 Å². The Bertz CT molecular complexity index is 921. The molecule has 0 saturated carbocycles. The van der Waals surface area contributed by atoms with Crippen molar-refractivity contribution in [3.8, 4) is 11.6 Å². The summed E-state index contributed by atoms with van der Waals surface area (Å²) in [5.41, 5.74) is -0.484. The Morgan fingerprint density at radius 2 is 1.93 bits per heavy atom. The Labute approximate surface area is 156 Å². The van der Waals surface area contributed by atoms with Crippen molar-refractivity contribution in [3.63, 3.8) is 0 Å². The van der Waals surface area contributed by atoms with Gasteiger partial charge in [-0.1, -0.05) is 11.8 Å². The second kappa shape index (κ2) is 7.47. The number of benzene rings is 1. The van der Waals surface area contributed by atoms with Crippen LogP contribution in [0.15, 0.2) is 52.2 Å². The molecule has 1 N–H and O–H groups in total. The molecule has 142 valence electrons. The second-order valence-electron chi connectivity index (χ2n) is 5.67. The Balaban J connectivity index is 1.64. The summed E-state index contributed by atoms with van der Waals surface area (Å²) in [6.07, 6.45) is -2.89. The highest BCUT2D eigenvalue weighted by molar-refractivity contribution is 8.00. The Morgan fingerprint density at radius 1 is 1.22 bits per heavy atom. The molecule has 3 aromatic rings. The smallest absolute Gasteiger partial charge is 0.416 e. The fourth-order valence-electron chi connectivity index (χ4n) is 2.24. The van der Waals surface area contributed by atoms with Crippen LogP contribution in [0.1, 0.15) is 12.5 Å². The van der Waals surface area contributed by atoms with E-state index in [4.69, 9.17) is 4.42 Å². The summed E-state index contributed by atoms with van der Waals surface area (Å²) in [4.78, 5) is 12.3. The van der Waals surface area contributed by atoms with Gasteiger partial charge in [0.25, 0.3) is 0 Å². The zero-order chi connectivity index (χ0) is 19.6. The Hall–Kier alpha value is -2.75. The molecule has 1 amide bonds. The predicted octanol–water partition coefficient (Wildman–Crippen LogP) is 4.21. The number of amides is 1. The van der Waals surface area contributed by atoms with Gasteiger partial charge < -0.3 is 14.3 Å². The van der Waals surface area contributed by atoms with Gasteiger partial charge in [0, 0.05) is 12.7 Å². The van der Waals surface area contributed by atoms with Gasteiger partial charge >= 0.3 is 6.18 Å². The average Bonchev–Trinajstić information content (AvgIpc) is 3.25. The van der Waals surface area contributed by atoms with Crippen molar-refractivity contribution < 1.29 is 22.4 Å². The quantitative estimate of drug-likeness (QED) is 0.654. The summed E-state index contributed by atoms with van der Waals surface area (Å²) in [5.74, 6) is 0.721. The molecule has 0 unspecified atom stereocenters. The standard InChI is InChI=1S/C17H15F3N4O2S/c1-10(15(25)21-12-7-5-11(6-8-12)17(18,19)20)27-16-23-22-14(24(16)2)13-4-3-9-26-13/h3-10H,1-2H3,(H,21,25)/t10-/m0/s1. The molecular formula is C17H15F3N4O2S. The van der Waals surface area contributed by atoms with E-state index in [-0.39, 0.29) is 11.6 Å². The number of nitrogens with zero attached hydrogens (tertiary/aromatic N) is 3. The van der Waals surface area contributed by atoms with Crippen molar-refractivity contribution in [1.29, 1.82) is 0 Å². The lowest BCUT2D eigenvalue weighted by Gasteiger charge is -2.12. The number of thioether (sulfide) groups is 1. The van der Waals surface area contributed by atoms with Crippen molar-refractivity contribution in [2.45, 2.75) is 23.5 Å². The largest absolute Gasteiger partial charge is 0.461 e. The van der Waals surface area contributed by atoms with Crippen LogP contribution in [0, 0.1) is 0 Å². The minimum atomic E-state index is -4.41. The van der Waals surface area contributed by atoms with Gasteiger partial charge in [-0.2, -0.15) is 13.2 Å². The summed E-state index contributed by atoms with van der Waals surface area (Å²) < 4.78 is 44.7. The van der Waals surface area contributed by atoms with Gasteiger partial charge in [0.2, 0.25) is 5.91 Å². The number of aromatic nitrogens is 3. The first-order valence-electron chi connectivity index (χ1n) is 7.84. The third-order valence-corrected chi connectivity index (χ3v) is 4.84. The maximum atomic E-state index is 12.6. The van der Waals surface area contributed by atoms with Crippen LogP contribution in [0.4, 0.5) is 18.9 Å². The molecule has 0 radical (unpaired) electrons. The van der Waals surface area contributed by atoms with E-state index in [0.717, 1.165) is 12.1 Å². The van der Waals surface area contributed by atoms with E-state index in [1.807, 2.05) is 0 Å². The summed E-state index contributed by atoms with van der Waals surface area (Å²) >= 11 is 1.18. The molecule has 0 bridgehead atoms. The number of furan rings is 1. The lowest BCUT2D eigenvalue weighted by atomic mass is 10.2. The van der Waals surface area contributed by atoms with Crippen molar-refractivity contribution in [2.24, 2.45) is 7.05 Å². The third-order valence-electron chi connectivity index (χ3n) is 3.71. The van der Waals surface area contributed by atoms with Crippen molar-refractivity contribution >= 4 is 23.4 Å². The number of carbonyl (C=O) groups excluding carboxylic acids is 1. The van der Waals surface area contributed by atoms with E-state index in [9.17, 15) is 18.0 Å². The molecule has 3 rings (SSSR count). The zero-order valence-corrected chi connectivity index (χ0v) is 15.1. The van der Waals surface area contributed by atoms with Crippen LogP contribution in [0.5, 0.6) is 0 Å². The highest BCUT2D eigenvalue weighted by Gasteiger charge is 2.30. The van der Waals surface area contributed by atoms with E-state index in [1.165, 1.54) is 30.2 Å². The Morgan fingerprint density at radius 3 is 2.52 bits per heavy atom. The topological polar surface area (TPSA) is 73.0 Å². The van der Waals surface area contributed by atoms with E-state index >= 15 is 0 Å². The molecule has 10 heteroatoms. The molecule has 0 saturated heterocycles. The minimum absolute atomic E-state index is 0.287. The van der Waals surface area contributed by atoms with Gasteiger partial charge in [0.05, 0.1) is 17.1 Å². The summed E-state index contributed by atoms with van der Waals surface area (Å²) in [7, 11) is 1.75. The molecule has 0 aliphatic heterocycles. The van der Waals surface area contributed by atoms with Crippen LogP contribution >= 0.6 is 11.8 Å². The third kappa shape index (κ3) is 4.33. The fraction of sp³-hybridized carbons (Fsp3) is 0.235. The van der Waals surface area contributed by atoms with E-state index in [2.05, 4.69) is 15.5 Å². The first-order valence-corrected chi connectivity index (χ1v) is 8.71. The molecule has 1 aromatic carbocycles. The van der Waals surface area contributed by atoms with Gasteiger partial charge in [0.1, 0.15) is 0 Å². The fourth-order valence-corrected chi connectivity index (χ4v) is 3.05. The normalized spacial score (nSPS) is 12.8. The first-order chi connectivity index (χ1) is 12.8. The predicted molar refractivity (Wildman–Crippen MR) is 94.1 cm³/mol. The molecular weight excluding hydrogens is 381 g/mol. The summed E-state index contributed by atoms with van der Waals surface area (Å²) in [6.45, 7) is 1.67. The van der Waals surface area contributed by atoms with Gasteiger partial charge in [-0.3, -0.25) is 4.79 Å². The maximum absolute atomic E-state index is 12.6. The van der Waals surface area contributed by atoms with E-state index in [1.54, 1.807) is 30.7 Å². The van der Waals surface area contributed by atoms with Crippen LogP contribution in [0.25, 0.3) is 11.6 Å². The number of hydrogen-bond donors (Lipinski definition) is 1. The van der Waals surface area contributed by atoms with Gasteiger partial charge in [-0.05, 0) is 43.3 Å². The minimum Gasteiger partial charge on any atom is -0.461 e. The van der Waals surface area contributed by atoms with E-state index < -0.39 is 17.0 Å². The van der Waals surface area contributed by atoms with Crippen LogP contribution < -0.4 is 5.32 Å². The van der Waals surface area contributed by atoms with Gasteiger partial charge in [-0.25, -0.2) is 0 Å². The number of halogens is 3. The number of hydrogen-bond acceptors (Lipinski definition) is 5. The molecule has 1 atom stereocenters. The Kier molecular flexibility index (Phi) is 5.26.